The fraction of sp³-hybridized carbons (Fsp3) is 0.489. The summed E-state index contributed by atoms with van der Waals surface area (Å²) in [6.07, 6.45) is 9.43. The summed E-state index contributed by atoms with van der Waals surface area (Å²) in [6.45, 7) is 14.6. The Bertz CT molecular complexity index is 1920. The smallest absolute Gasteiger partial charge is 0.456 e. The zero-order valence-corrected chi connectivity index (χ0v) is 34.5. The SMILES string of the molecule is CC(C)(C)OC(=O)c1cccc(CC(SCCCC(=O)c2ccc(CN(Cc3ccccn3)Cc3ccccn3)nc2)B2OC3CC4CC(C4(C)C)C3(C)O2)c1. The van der Waals surface area contributed by atoms with Crippen LogP contribution >= 0.6 is 11.8 Å². The number of aromatic nitrogens is 3. The van der Waals surface area contributed by atoms with Crippen LogP contribution in [0.3, 0.4) is 0 Å². The molecule has 9 nitrogen and oxygen atoms in total. The first-order chi connectivity index (χ1) is 26.8. The first kappa shape index (κ1) is 40.3. The van der Waals surface area contributed by atoms with E-state index in [4.69, 9.17) is 19.0 Å². The summed E-state index contributed by atoms with van der Waals surface area (Å²) in [5.41, 5.74) is 4.39. The third-order valence-electron chi connectivity index (χ3n) is 11.9. The van der Waals surface area contributed by atoms with Crippen molar-refractivity contribution in [1.29, 1.82) is 0 Å². The fourth-order valence-corrected chi connectivity index (χ4v) is 10.0. The number of pyridine rings is 3. The number of ketones is 1. The molecule has 4 aromatic rings. The van der Waals surface area contributed by atoms with Crippen molar-refractivity contribution in [2.24, 2.45) is 17.3 Å². The largest absolute Gasteiger partial charge is 0.471 e. The number of hydrogen-bond donors (Lipinski definition) is 0. The van der Waals surface area contributed by atoms with E-state index in [1.165, 1.54) is 6.42 Å². The van der Waals surface area contributed by atoms with E-state index < -0.39 is 5.60 Å². The molecule has 8 rings (SSSR count). The number of benzene rings is 1. The van der Waals surface area contributed by atoms with Crippen molar-refractivity contribution in [3.8, 4) is 0 Å². The van der Waals surface area contributed by atoms with Gasteiger partial charge in [0, 0.05) is 55.4 Å². The molecule has 3 aromatic heterocycles. The number of carbonyl (C=O) groups excluding carboxylic acids is 2. The Hall–Kier alpha value is -3.90. The molecule has 2 bridgehead atoms. The van der Waals surface area contributed by atoms with Crippen molar-refractivity contribution in [3.05, 3.63) is 125 Å². The molecule has 1 saturated heterocycles. The number of hydrogen-bond acceptors (Lipinski definition) is 10. The molecule has 4 heterocycles. The average Bonchev–Trinajstić information content (AvgIpc) is 3.54. The normalized spacial score (nSPS) is 23.0. The van der Waals surface area contributed by atoms with Crippen molar-refractivity contribution >= 4 is 30.6 Å². The van der Waals surface area contributed by atoms with Gasteiger partial charge in [-0.25, -0.2) is 4.79 Å². The molecule has 5 atom stereocenters. The summed E-state index contributed by atoms with van der Waals surface area (Å²) < 4.78 is 19.4. The molecule has 0 N–H and O–H groups in total. The van der Waals surface area contributed by atoms with Crippen molar-refractivity contribution in [2.45, 2.75) is 116 Å². The molecule has 3 saturated carbocycles. The number of Topliss-reactive ketones (excluding diaryl/α,β-unsaturated/α-hetero) is 1. The molecule has 56 heavy (non-hydrogen) atoms. The maximum atomic E-state index is 13.4. The van der Waals surface area contributed by atoms with Gasteiger partial charge in [0.15, 0.2) is 5.78 Å². The highest BCUT2D eigenvalue weighted by atomic mass is 32.2. The second-order valence-corrected chi connectivity index (χ2v) is 18.9. The van der Waals surface area contributed by atoms with Crippen LogP contribution in [0.25, 0.3) is 0 Å². The van der Waals surface area contributed by atoms with E-state index in [1.807, 2.05) is 93.8 Å². The van der Waals surface area contributed by atoms with E-state index in [0.29, 0.717) is 61.9 Å². The van der Waals surface area contributed by atoms with Crippen molar-refractivity contribution in [1.82, 2.24) is 19.9 Å². The van der Waals surface area contributed by atoms with Gasteiger partial charge in [-0.05, 0) is 130 Å². The Labute approximate surface area is 336 Å². The summed E-state index contributed by atoms with van der Waals surface area (Å²) >= 11 is 1.79. The lowest BCUT2D eigenvalue weighted by molar-refractivity contribution is -0.199. The maximum Gasteiger partial charge on any atom is 0.471 e. The topological polar surface area (TPSA) is 104 Å². The van der Waals surface area contributed by atoms with Crippen LogP contribution in [0.5, 0.6) is 0 Å². The number of carbonyl (C=O) groups is 2. The Morgan fingerprint density at radius 3 is 2.20 bits per heavy atom. The molecule has 3 aliphatic carbocycles. The first-order valence-corrected chi connectivity index (χ1v) is 21.1. The second-order valence-electron chi connectivity index (χ2n) is 17.5. The minimum Gasteiger partial charge on any atom is -0.456 e. The van der Waals surface area contributed by atoms with Crippen LogP contribution in [-0.2, 0) is 40.1 Å². The molecule has 294 valence electrons. The van der Waals surface area contributed by atoms with Gasteiger partial charge in [0.25, 0.3) is 0 Å². The number of rotatable bonds is 16. The molecule has 1 aliphatic heterocycles. The molecule has 0 amide bonds. The molecular weight excluding hydrogens is 719 g/mol. The minimum absolute atomic E-state index is 0.0113. The van der Waals surface area contributed by atoms with Gasteiger partial charge in [-0.1, -0.05) is 38.1 Å². The van der Waals surface area contributed by atoms with E-state index in [9.17, 15) is 9.59 Å². The van der Waals surface area contributed by atoms with Gasteiger partial charge in [-0.15, -0.1) is 0 Å². The van der Waals surface area contributed by atoms with Crippen LogP contribution in [0.2, 0.25) is 0 Å². The standard InChI is InChI=1S/C45H55BN4O5S/c1-43(2,3)53-42(52)32-14-11-13-31(23-32)24-41(46-54-40-26-34-25-39(44(34,4)5)45(40,6)55-46)56-22-12-17-38(51)33-18-19-37(49-27-33)30-50(28-35-15-7-9-20-47-35)29-36-16-8-10-21-48-36/h7-11,13-16,18-21,23,27,34,39-41H,12,17,22,24-26,28-30H2,1-6H3. The first-order valence-electron chi connectivity index (χ1n) is 20.0. The zero-order chi connectivity index (χ0) is 39.5. The lowest BCUT2D eigenvalue weighted by Gasteiger charge is -2.64. The number of nitrogens with zero attached hydrogens (tertiary/aromatic N) is 4. The third kappa shape index (κ3) is 9.44. The van der Waals surface area contributed by atoms with Gasteiger partial charge in [-0.3, -0.25) is 24.6 Å². The van der Waals surface area contributed by atoms with Crippen molar-refractivity contribution in [3.63, 3.8) is 0 Å². The fourth-order valence-electron chi connectivity index (χ4n) is 8.82. The van der Waals surface area contributed by atoms with Crippen molar-refractivity contribution in [2.75, 3.05) is 5.75 Å². The quantitative estimate of drug-likeness (QED) is 0.0476. The predicted octanol–water partition coefficient (Wildman–Crippen LogP) is 8.60. The van der Waals surface area contributed by atoms with Gasteiger partial charge < -0.3 is 14.0 Å². The lowest BCUT2D eigenvalue weighted by atomic mass is 9.43. The van der Waals surface area contributed by atoms with E-state index in [2.05, 4.69) is 41.7 Å². The highest BCUT2D eigenvalue weighted by Gasteiger charge is 2.68. The van der Waals surface area contributed by atoms with Crippen molar-refractivity contribution < 1.29 is 23.6 Å². The van der Waals surface area contributed by atoms with Gasteiger partial charge in [0.1, 0.15) is 5.60 Å². The molecule has 1 aromatic carbocycles. The van der Waals surface area contributed by atoms with Gasteiger partial charge in [0.2, 0.25) is 0 Å². The van der Waals surface area contributed by atoms with Crippen LogP contribution in [0.4, 0.5) is 0 Å². The van der Waals surface area contributed by atoms with E-state index in [1.54, 1.807) is 24.0 Å². The molecule has 5 unspecified atom stereocenters. The second kappa shape index (κ2) is 16.9. The van der Waals surface area contributed by atoms with Crippen LogP contribution in [-0.4, -0.2) is 66.9 Å². The molecular formula is C45H55BN4O5S. The molecule has 11 heteroatoms. The highest BCUT2D eigenvalue weighted by molar-refractivity contribution is 8.01. The van der Waals surface area contributed by atoms with Gasteiger partial charge in [-0.2, -0.15) is 11.8 Å². The van der Waals surface area contributed by atoms with E-state index >= 15 is 0 Å². The molecule has 4 aliphatic rings. The average molecular weight is 775 g/mol. The summed E-state index contributed by atoms with van der Waals surface area (Å²) in [6, 6.07) is 23.4. The Morgan fingerprint density at radius 1 is 0.893 bits per heavy atom. The maximum absolute atomic E-state index is 13.4. The monoisotopic (exact) mass is 774 g/mol. The summed E-state index contributed by atoms with van der Waals surface area (Å²) in [7, 11) is -0.377. The molecule has 4 fully saturated rings. The van der Waals surface area contributed by atoms with E-state index in [0.717, 1.165) is 34.8 Å². The summed E-state index contributed by atoms with van der Waals surface area (Å²) in [4.78, 5) is 42.3. The number of thioether (sulfide) groups is 1. The summed E-state index contributed by atoms with van der Waals surface area (Å²) in [5.74, 6) is 1.65. The number of esters is 1. The van der Waals surface area contributed by atoms with E-state index in [-0.39, 0.29) is 41.1 Å². The van der Waals surface area contributed by atoms with Gasteiger partial charge >= 0.3 is 13.1 Å². The highest BCUT2D eigenvalue weighted by Crippen LogP contribution is 2.66. The molecule has 0 radical (unpaired) electrons. The van der Waals surface area contributed by atoms with Gasteiger partial charge in [0.05, 0.1) is 34.4 Å². The zero-order valence-electron chi connectivity index (χ0n) is 33.6. The Balaban J connectivity index is 0.975. The van der Waals surface area contributed by atoms with Crippen LogP contribution in [0, 0.1) is 17.3 Å². The Kier molecular flexibility index (Phi) is 12.2. The number of ether oxygens (including phenoxy) is 1. The van der Waals surface area contributed by atoms with Crippen LogP contribution in [0.15, 0.2) is 91.4 Å². The Morgan fingerprint density at radius 2 is 1.59 bits per heavy atom. The summed E-state index contributed by atoms with van der Waals surface area (Å²) in [5, 5.41) is -0.0113. The predicted molar refractivity (Wildman–Crippen MR) is 221 cm³/mol. The lowest BCUT2D eigenvalue weighted by Crippen LogP contribution is -2.65. The third-order valence-corrected chi connectivity index (χ3v) is 13.2. The molecule has 0 spiro atoms. The minimum atomic E-state index is -0.575. The van der Waals surface area contributed by atoms with Crippen LogP contribution in [0.1, 0.15) is 111 Å². The van der Waals surface area contributed by atoms with Crippen LogP contribution < -0.4 is 0 Å².